The normalized spacial score (nSPS) is 22.4. The van der Waals surface area contributed by atoms with E-state index in [1.807, 2.05) is 24.3 Å². The summed E-state index contributed by atoms with van der Waals surface area (Å²) in [6, 6.07) is 7.87. The lowest BCUT2D eigenvalue weighted by atomic mass is 9.86. The summed E-state index contributed by atoms with van der Waals surface area (Å²) in [7, 11) is 0. The van der Waals surface area contributed by atoms with Crippen molar-refractivity contribution >= 4 is 10.9 Å². The molecule has 2 aliphatic heterocycles. The van der Waals surface area contributed by atoms with Crippen molar-refractivity contribution in [3.05, 3.63) is 58.8 Å². The maximum absolute atomic E-state index is 12.9. The summed E-state index contributed by atoms with van der Waals surface area (Å²) in [6.07, 6.45) is 7.94. The lowest BCUT2D eigenvalue weighted by Crippen LogP contribution is -2.32. The number of hydrogen-bond donors (Lipinski definition) is 2. The van der Waals surface area contributed by atoms with E-state index in [0.717, 1.165) is 29.4 Å². The average molecular weight is 293 g/mol. The Balaban J connectivity index is 1.85. The summed E-state index contributed by atoms with van der Waals surface area (Å²) in [6.45, 7) is 0. The van der Waals surface area contributed by atoms with Crippen LogP contribution in [0.1, 0.15) is 30.5 Å². The number of aromatic amines is 1. The fraction of sp³-hybridized carbons (Fsp3) is 0.235. The lowest BCUT2D eigenvalue weighted by Gasteiger charge is -2.31. The Morgan fingerprint density at radius 3 is 2.82 bits per heavy atom. The standard InChI is InChI=1S/C17H15N3O2/c21-16-15-10-5-7-11(8-6-10)19(15)17(22)20(16)14-9-18-13-4-2-1-3-12(13)14/h1-5,7,9-11,18,21H,6,8H2. The first kappa shape index (κ1) is 11.9. The van der Waals surface area contributed by atoms with Crippen LogP contribution in [0.5, 0.6) is 5.88 Å². The first-order chi connectivity index (χ1) is 10.8. The Labute approximate surface area is 126 Å². The highest BCUT2D eigenvalue weighted by molar-refractivity contribution is 5.88. The second kappa shape index (κ2) is 3.94. The number of nitrogens with one attached hydrogen (secondary N) is 1. The summed E-state index contributed by atoms with van der Waals surface area (Å²) < 4.78 is 3.19. The number of rotatable bonds is 1. The number of H-pyrrole nitrogens is 1. The third kappa shape index (κ3) is 1.31. The summed E-state index contributed by atoms with van der Waals surface area (Å²) in [5, 5.41) is 11.6. The van der Waals surface area contributed by atoms with Gasteiger partial charge in [-0.2, -0.15) is 0 Å². The maximum Gasteiger partial charge on any atom is 0.336 e. The van der Waals surface area contributed by atoms with Crippen molar-refractivity contribution in [3.8, 4) is 11.6 Å². The average Bonchev–Trinajstić information content (AvgIpc) is 3.10. The highest BCUT2D eigenvalue weighted by atomic mass is 16.3. The van der Waals surface area contributed by atoms with Crippen molar-refractivity contribution in [1.29, 1.82) is 0 Å². The van der Waals surface area contributed by atoms with Crippen LogP contribution in [-0.2, 0) is 0 Å². The predicted molar refractivity (Wildman–Crippen MR) is 83.7 cm³/mol. The van der Waals surface area contributed by atoms with Gasteiger partial charge < -0.3 is 10.1 Å². The number of allylic oxidation sites excluding steroid dienone is 2. The molecule has 2 unspecified atom stereocenters. The molecule has 2 atom stereocenters. The minimum Gasteiger partial charge on any atom is -0.493 e. The van der Waals surface area contributed by atoms with E-state index in [1.165, 1.54) is 4.57 Å². The number of fused-ring (bicyclic) bond motifs is 2. The van der Waals surface area contributed by atoms with Gasteiger partial charge in [0.1, 0.15) is 0 Å². The minimum atomic E-state index is -0.156. The van der Waals surface area contributed by atoms with Gasteiger partial charge in [-0.15, -0.1) is 0 Å². The van der Waals surface area contributed by atoms with Crippen molar-refractivity contribution in [2.75, 3.05) is 0 Å². The summed E-state index contributed by atoms with van der Waals surface area (Å²) >= 11 is 0. The van der Waals surface area contributed by atoms with Gasteiger partial charge in [-0.3, -0.25) is 4.57 Å². The van der Waals surface area contributed by atoms with Crippen LogP contribution in [0.25, 0.3) is 16.6 Å². The van der Waals surface area contributed by atoms with Crippen LogP contribution in [0.4, 0.5) is 0 Å². The molecular weight excluding hydrogens is 278 g/mol. The van der Waals surface area contributed by atoms with Gasteiger partial charge in [0.2, 0.25) is 5.88 Å². The van der Waals surface area contributed by atoms with E-state index in [9.17, 15) is 9.90 Å². The molecule has 0 fully saturated rings. The van der Waals surface area contributed by atoms with E-state index in [2.05, 4.69) is 17.1 Å². The smallest absolute Gasteiger partial charge is 0.336 e. The van der Waals surface area contributed by atoms with Crippen LogP contribution >= 0.6 is 0 Å². The molecule has 0 saturated heterocycles. The quantitative estimate of drug-likeness (QED) is 0.678. The zero-order valence-electron chi connectivity index (χ0n) is 11.9. The molecule has 3 aromatic rings. The number of para-hydroxylation sites is 1. The number of aromatic hydroxyl groups is 1. The Morgan fingerprint density at radius 1 is 1.18 bits per heavy atom. The van der Waals surface area contributed by atoms with Crippen LogP contribution in [0.15, 0.2) is 47.4 Å². The molecule has 2 bridgehead atoms. The van der Waals surface area contributed by atoms with Crippen molar-refractivity contribution < 1.29 is 5.11 Å². The van der Waals surface area contributed by atoms with Crippen molar-refractivity contribution in [2.45, 2.75) is 24.8 Å². The predicted octanol–water partition coefficient (Wildman–Crippen LogP) is 2.81. The molecule has 0 saturated carbocycles. The molecule has 2 aromatic heterocycles. The van der Waals surface area contributed by atoms with Gasteiger partial charge in [-0.25, -0.2) is 9.36 Å². The molecule has 0 amide bonds. The molecule has 4 heterocycles. The van der Waals surface area contributed by atoms with Gasteiger partial charge in [-0.1, -0.05) is 30.4 Å². The molecule has 1 aromatic carbocycles. The Kier molecular flexibility index (Phi) is 2.13. The number of nitrogens with zero attached hydrogens (tertiary/aromatic N) is 2. The molecule has 110 valence electrons. The second-order valence-electron chi connectivity index (χ2n) is 6.05. The fourth-order valence-corrected chi connectivity index (χ4v) is 3.90. The van der Waals surface area contributed by atoms with E-state index < -0.39 is 0 Å². The van der Waals surface area contributed by atoms with Gasteiger partial charge in [0.25, 0.3) is 0 Å². The molecule has 2 N–H and O–H groups in total. The summed E-state index contributed by atoms with van der Waals surface area (Å²) in [5.41, 5.74) is 2.26. The van der Waals surface area contributed by atoms with Crippen LogP contribution in [0.3, 0.4) is 0 Å². The van der Waals surface area contributed by atoms with Crippen molar-refractivity contribution in [2.24, 2.45) is 0 Å². The highest BCUT2D eigenvalue weighted by Gasteiger charge is 2.36. The molecule has 5 nitrogen and oxygen atoms in total. The molecule has 0 spiro atoms. The van der Waals surface area contributed by atoms with E-state index in [-0.39, 0.29) is 23.5 Å². The first-order valence-corrected chi connectivity index (χ1v) is 7.56. The van der Waals surface area contributed by atoms with Crippen molar-refractivity contribution in [1.82, 2.24) is 14.1 Å². The van der Waals surface area contributed by atoms with Gasteiger partial charge in [-0.05, 0) is 18.9 Å². The Bertz CT molecular complexity index is 989. The van der Waals surface area contributed by atoms with Crippen LogP contribution in [-0.4, -0.2) is 19.2 Å². The lowest BCUT2D eigenvalue weighted by molar-refractivity contribution is 0.385. The SMILES string of the molecule is O=c1n(-c2c[nH]c3ccccc23)c(O)c2n1C1C=CC2CC1. The number of aromatic nitrogens is 3. The van der Waals surface area contributed by atoms with Crippen molar-refractivity contribution in [3.63, 3.8) is 0 Å². The Morgan fingerprint density at radius 2 is 2.05 bits per heavy atom. The number of imidazole rings is 1. The topological polar surface area (TPSA) is 62.9 Å². The van der Waals surface area contributed by atoms with E-state index >= 15 is 0 Å². The zero-order valence-corrected chi connectivity index (χ0v) is 11.9. The largest absolute Gasteiger partial charge is 0.493 e. The molecular formula is C17H15N3O2. The number of hydrogen-bond acceptors (Lipinski definition) is 2. The van der Waals surface area contributed by atoms with Gasteiger partial charge >= 0.3 is 5.69 Å². The van der Waals surface area contributed by atoms with E-state index in [1.54, 1.807) is 10.8 Å². The van der Waals surface area contributed by atoms with Gasteiger partial charge in [0.15, 0.2) is 0 Å². The summed E-state index contributed by atoms with van der Waals surface area (Å²) in [5.74, 6) is 0.220. The molecule has 0 radical (unpaired) electrons. The van der Waals surface area contributed by atoms with E-state index in [4.69, 9.17) is 0 Å². The monoisotopic (exact) mass is 293 g/mol. The van der Waals surface area contributed by atoms with Gasteiger partial charge in [0.05, 0.1) is 17.4 Å². The molecule has 6 rings (SSSR count). The highest BCUT2D eigenvalue weighted by Crippen LogP contribution is 2.43. The third-order valence-electron chi connectivity index (χ3n) is 4.93. The molecule has 22 heavy (non-hydrogen) atoms. The van der Waals surface area contributed by atoms with Crippen LogP contribution in [0.2, 0.25) is 0 Å². The maximum atomic E-state index is 12.9. The van der Waals surface area contributed by atoms with Gasteiger partial charge in [0, 0.05) is 23.0 Å². The third-order valence-corrected chi connectivity index (χ3v) is 4.93. The Hall–Kier alpha value is -2.69. The van der Waals surface area contributed by atoms with Crippen LogP contribution < -0.4 is 5.69 Å². The molecule has 5 heteroatoms. The van der Waals surface area contributed by atoms with E-state index in [0.29, 0.717) is 5.69 Å². The molecule has 3 aliphatic rings. The second-order valence-corrected chi connectivity index (χ2v) is 6.05. The summed E-state index contributed by atoms with van der Waals surface area (Å²) in [4.78, 5) is 16.0. The molecule has 1 aliphatic carbocycles. The van der Waals surface area contributed by atoms with Crippen LogP contribution in [0, 0.1) is 0 Å². The zero-order chi connectivity index (χ0) is 14.8. The first-order valence-electron chi connectivity index (χ1n) is 7.56. The fourth-order valence-electron chi connectivity index (χ4n) is 3.90. The number of benzene rings is 1. The minimum absolute atomic E-state index is 0.0739.